The van der Waals surface area contributed by atoms with Crippen molar-refractivity contribution in [1.82, 2.24) is 0 Å². The molecule has 0 radical (unpaired) electrons. The van der Waals surface area contributed by atoms with Gasteiger partial charge in [0, 0.05) is 28.8 Å². The Kier molecular flexibility index (Phi) is 11.5. The van der Waals surface area contributed by atoms with Crippen LogP contribution >= 0.6 is 0 Å². The summed E-state index contributed by atoms with van der Waals surface area (Å²) in [5.41, 5.74) is 9.27. The van der Waals surface area contributed by atoms with Crippen molar-refractivity contribution in [2.24, 2.45) is 0 Å². The fourth-order valence-electron chi connectivity index (χ4n) is 6.88. The molecular formula is C41H41N2O10S2+. The van der Waals surface area contributed by atoms with E-state index in [0.29, 0.717) is 68.1 Å². The van der Waals surface area contributed by atoms with Gasteiger partial charge in [0.1, 0.15) is 9.79 Å². The van der Waals surface area contributed by atoms with E-state index in [0.717, 1.165) is 28.3 Å². The Morgan fingerprint density at radius 3 is 1.31 bits per heavy atom. The van der Waals surface area contributed by atoms with Gasteiger partial charge in [-0.1, -0.05) is 12.1 Å². The molecule has 0 bridgehead atoms. The molecule has 0 saturated heterocycles. The molecular weight excluding hydrogens is 745 g/mol. The summed E-state index contributed by atoms with van der Waals surface area (Å²) in [5, 5.41) is 6.73. The van der Waals surface area contributed by atoms with E-state index in [9.17, 15) is 35.5 Å². The maximum atomic E-state index is 12.8. The molecule has 0 unspecified atom stereocenters. The van der Waals surface area contributed by atoms with Gasteiger partial charge in [-0.3, -0.25) is 9.11 Å². The van der Waals surface area contributed by atoms with Gasteiger partial charge in [0.2, 0.25) is 0 Å². The van der Waals surface area contributed by atoms with E-state index in [-0.39, 0.29) is 5.56 Å². The summed E-state index contributed by atoms with van der Waals surface area (Å²) in [4.78, 5) is 23.7. The predicted molar refractivity (Wildman–Crippen MR) is 210 cm³/mol. The van der Waals surface area contributed by atoms with Crippen LogP contribution in [0.15, 0.2) is 88.7 Å². The van der Waals surface area contributed by atoms with Gasteiger partial charge in [0.05, 0.1) is 48.0 Å². The lowest BCUT2D eigenvalue weighted by Gasteiger charge is -2.19. The molecule has 55 heavy (non-hydrogen) atoms. The first-order valence-electron chi connectivity index (χ1n) is 16.9. The van der Waals surface area contributed by atoms with Crippen molar-refractivity contribution in [2.45, 2.75) is 51.3 Å². The quantitative estimate of drug-likeness (QED) is 0.0437. The molecule has 5 aromatic rings. The highest BCUT2D eigenvalue weighted by molar-refractivity contribution is 7.86. The molecule has 12 nitrogen and oxygen atoms in total. The third kappa shape index (κ3) is 8.37. The number of aryl methyl sites for hydroxylation is 4. The summed E-state index contributed by atoms with van der Waals surface area (Å²) < 4.78 is 79.5. The van der Waals surface area contributed by atoms with Crippen molar-refractivity contribution in [2.75, 3.05) is 24.9 Å². The average Bonchev–Trinajstić information content (AvgIpc) is 3.12. The Balaban J connectivity index is 1.61. The predicted octanol–water partition coefficient (Wildman–Crippen LogP) is 8.11. The second-order valence-corrected chi connectivity index (χ2v) is 16.0. The third-order valence-corrected chi connectivity index (χ3v) is 11.1. The number of hydrogen-bond acceptors (Lipinski definition) is 10. The van der Waals surface area contributed by atoms with Crippen LogP contribution in [0.1, 0.15) is 70.8 Å². The zero-order valence-electron chi connectivity index (χ0n) is 31.5. The minimum absolute atomic E-state index is 0.0304. The van der Waals surface area contributed by atoms with Gasteiger partial charge in [0.25, 0.3) is 10.1 Å². The maximum Gasteiger partial charge on any atom is 0.338 e. The minimum atomic E-state index is -5.02. The Bertz CT molecular complexity index is 2430. The number of hydrogen-bond donors (Lipinski definition) is 4. The topological polar surface area (TPSA) is 185 Å². The number of rotatable bonds is 11. The van der Waals surface area contributed by atoms with Crippen molar-refractivity contribution in [3.05, 3.63) is 146 Å². The molecule has 14 heteroatoms. The molecule has 0 aliphatic heterocycles. The standard InChI is InChI=1S/C41H40N2O10S2/c1-22-19-24(3)38(26(5)35(22)40(44)52-7)42-30-13-9-28(10-14-30)37(33-18-17-32(54(46,47)48)21-34(33)55(49,50)51)29-11-15-31(16-12-29)43-39-25(4)20-23(2)36(27(39)6)41(45)53-8/h9-21,42-43H,1-8H3,(H-,46,47,48,49,50,51)/p+1. The number of methoxy groups -OCH3 is 2. The molecule has 0 atom stereocenters. The number of benzene rings is 5. The van der Waals surface area contributed by atoms with Crippen LogP contribution in [0.5, 0.6) is 0 Å². The van der Waals surface area contributed by atoms with Gasteiger partial charge in [-0.15, -0.1) is 0 Å². The zero-order valence-corrected chi connectivity index (χ0v) is 33.1. The molecule has 286 valence electrons. The summed E-state index contributed by atoms with van der Waals surface area (Å²) in [5.74, 6) is -0.601. The maximum absolute atomic E-state index is 12.8. The van der Waals surface area contributed by atoms with Crippen molar-refractivity contribution in [1.29, 1.82) is 0 Å². The number of carbonyl (C=O) groups is 2. The molecule has 5 rings (SSSR count). The molecule has 0 saturated carbocycles. The second kappa shape index (κ2) is 15.6. The van der Waals surface area contributed by atoms with Crippen molar-refractivity contribution in [3.8, 4) is 0 Å². The molecule has 5 aromatic carbocycles. The van der Waals surface area contributed by atoms with Crippen molar-refractivity contribution < 1.29 is 45.0 Å². The van der Waals surface area contributed by atoms with Gasteiger partial charge in [-0.2, -0.15) is 16.8 Å². The van der Waals surface area contributed by atoms with Crippen LogP contribution in [0.3, 0.4) is 0 Å². The fourth-order valence-corrected chi connectivity index (χ4v) is 8.18. The molecule has 0 amide bonds. The normalized spacial score (nSPS) is 11.5. The highest BCUT2D eigenvalue weighted by Gasteiger charge is 2.32. The Hall–Kier alpha value is -5.67. The van der Waals surface area contributed by atoms with E-state index >= 15 is 0 Å². The monoisotopic (exact) mass is 785 g/mol. The SMILES string of the molecule is COC(=O)c1c(C)cc(C)c(Nc2ccc([C+](c3ccc(Nc4c(C)cc(C)c(C(=O)OC)c4C)cc3)c3ccc(S(=O)(=O)O)cc3S(=O)(=O)O)cc2)c1C. The van der Waals surface area contributed by atoms with Gasteiger partial charge in [0.15, 0.2) is 0 Å². The smallest absolute Gasteiger partial charge is 0.338 e. The lowest BCUT2D eigenvalue weighted by molar-refractivity contribution is 0.0590. The first-order chi connectivity index (χ1) is 25.8. The van der Waals surface area contributed by atoms with E-state index in [2.05, 4.69) is 10.6 Å². The van der Waals surface area contributed by atoms with Crippen LogP contribution in [0.2, 0.25) is 0 Å². The van der Waals surface area contributed by atoms with Crippen LogP contribution in [0.25, 0.3) is 0 Å². The molecule has 0 heterocycles. The van der Waals surface area contributed by atoms with E-state index in [1.54, 1.807) is 48.5 Å². The molecule has 0 aliphatic rings. The van der Waals surface area contributed by atoms with Crippen LogP contribution in [-0.2, 0) is 29.7 Å². The minimum Gasteiger partial charge on any atom is -0.465 e. The number of carbonyl (C=O) groups excluding carboxylic acids is 2. The summed E-state index contributed by atoms with van der Waals surface area (Å²) >= 11 is 0. The molecule has 0 aromatic heterocycles. The van der Waals surface area contributed by atoms with Gasteiger partial charge in [-0.05, 0) is 136 Å². The number of esters is 2. The van der Waals surface area contributed by atoms with E-state index in [4.69, 9.17) is 9.47 Å². The Labute approximate surface area is 321 Å². The first-order valence-corrected chi connectivity index (χ1v) is 19.7. The number of ether oxygens (including phenoxy) is 2. The average molecular weight is 786 g/mol. The van der Waals surface area contributed by atoms with Crippen LogP contribution < -0.4 is 10.6 Å². The van der Waals surface area contributed by atoms with Gasteiger partial charge in [-0.25, -0.2) is 9.59 Å². The van der Waals surface area contributed by atoms with Crippen LogP contribution in [-0.4, -0.2) is 52.1 Å². The molecule has 0 fully saturated rings. The van der Waals surface area contributed by atoms with Crippen LogP contribution in [0.4, 0.5) is 22.7 Å². The third-order valence-electron chi connectivity index (χ3n) is 9.41. The highest BCUT2D eigenvalue weighted by Crippen LogP contribution is 2.38. The largest absolute Gasteiger partial charge is 0.465 e. The van der Waals surface area contributed by atoms with Crippen LogP contribution in [0, 0.1) is 47.5 Å². The lowest BCUT2D eigenvalue weighted by atomic mass is 9.85. The fraction of sp³-hybridized carbons (Fsp3) is 0.195. The van der Waals surface area contributed by atoms with E-state index < -0.39 is 42.0 Å². The van der Waals surface area contributed by atoms with E-state index in [1.807, 2.05) is 53.7 Å². The summed E-state index contributed by atoms with van der Waals surface area (Å²) in [6, 6.07) is 20.6. The summed E-state index contributed by atoms with van der Waals surface area (Å²) in [7, 11) is -7.21. The Morgan fingerprint density at radius 2 is 0.964 bits per heavy atom. The molecule has 0 spiro atoms. The zero-order chi connectivity index (χ0) is 40.6. The number of anilines is 4. The van der Waals surface area contributed by atoms with Crippen molar-refractivity contribution in [3.63, 3.8) is 0 Å². The summed E-state index contributed by atoms with van der Waals surface area (Å²) in [6.45, 7) is 11.1. The molecule has 0 aliphatic carbocycles. The summed E-state index contributed by atoms with van der Waals surface area (Å²) in [6.07, 6.45) is 0. The Morgan fingerprint density at radius 1 is 0.564 bits per heavy atom. The van der Waals surface area contributed by atoms with Crippen molar-refractivity contribution >= 4 is 54.9 Å². The molecule has 4 N–H and O–H groups in total. The van der Waals surface area contributed by atoms with Gasteiger partial charge < -0.3 is 20.1 Å². The van der Waals surface area contributed by atoms with E-state index in [1.165, 1.54) is 20.3 Å². The highest BCUT2D eigenvalue weighted by atomic mass is 32.2. The first kappa shape index (κ1) is 40.5. The lowest BCUT2D eigenvalue weighted by Crippen LogP contribution is -2.13. The number of nitrogens with one attached hydrogen (secondary N) is 2. The van der Waals surface area contributed by atoms with Gasteiger partial charge >= 0.3 is 22.1 Å². The second-order valence-electron chi connectivity index (χ2n) is 13.1.